The minimum Gasteiger partial charge on any atom is -0.343 e. The highest BCUT2D eigenvalue weighted by Gasteiger charge is 2.39. The second-order valence-electron chi connectivity index (χ2n) is 7.91. The number of hydrogen-bond acceptors (Lipinski definition) is 5. The molecule has 0 bridgehead atoms. The molecule has 2 N–H and O–H groups in total. The van der Waals surface area contributed by atoms with E-state index in [1.165, 1.54) is 0 Å². The molecule has 2 heterocycles. The summed E-state index contributed by atoms with van der Waals surface area (Å²) >= 11 is 0. The molecule has 4 rings (SSSR count). The van der Waals surface area contributed by atoms with E-state index in [0.717, 1.165) is 43.4 Å². The molecule has 2 aliphatic rings. The van der Waals surface area contributed by atoms with Crippen LogP contribution in [-0.4, -0.2) is 22.0 Å². The Hall–Kier alpha value is -2.70. The van der Waals surface area contributed by atoms with Crippen molar-refractivity contribution in [3.05, 3.63) is 41.5 Å². The number of nitrogens with zero attached hydrogens (tertiary/aromatic N) is 2. The minimum absolute atomic E-state index is 0.00678. The second kappa shape index (κ2) is 7.73. The number of amides is 2. The number of rotatable bonds is 5. The Morgan fingerprint density at radius 2 is 2.07 bits per heavy atom. The molecule has 1 aromatic carbocycles. The maximum Gasteiger partial charge on any atom is 0.227 e. The highest BCUT2D eigenvalue weighted by molar-refractivity contribution is 5.96. The molecule has 1 aliphatic carbocycles. The van der Waals surface area contributed by atoms with Crippen molar-refractivity contribution >= 4 is 17.5 Å². The van der Waals surface area contributed by atoms with E-state index in [0.29, 0.717) is 31.0 Å². The molecule has 148 valence electrons. The Morgan fingerprint density at radius 3 is 2.82 bits per heavy atom. The molecule has 1 fully saturated rings. The third-order valence-electron chi connectivity index (χ3n) is 5.87. The van der Waals surface area contributed by atoms with Crippen LogP contribution in [0.3, 0.4) is 0 Å². The maximum atomic E-state index is 12.8. The molecule has 1 atom stereocenters. The number of para-hydroxylation sites is 1. The van der Waals surface area contributed by atoms with Crippen molar-refractivity contribution in [3.8, 4) is 0 Å². The Labute approximate surface area is 164 Å². The molecule has 1 aromatic heterocycles. The van der Waals surface area contributed by atoms with Gasteiger partial charge in [0.2, 0.25) is 17.7 Å². The predicted octanol–water partition coefficient (Wildman–Crippen LogP) is 3.24. The van der Waals surface area contributed by atoms with Crippen LogP contribution in [0.25, 0.3) is 0 Å². The molecule has 0 spiro atoms. The fourth-order valence-corrected chi connectivity index (χ4v) is 4.33. The third kappa shape index (κ3) is 3.79. The second-order valence-corrected chi connectivity index (χ2v) is 7.91. The zero-order chi connectivity index (χ0) is 19.6. The Bertz CT molecular complexity index is 870. The first-order valence-electron chi connectivity index (χ1n) is 10.1. The number of aromatic nitrogens is 2. The number of carbonyl (C=O) groups is 2. The molecule has 2 aromatic rings. The molecular formula is C21H26N4O3. The molecule has 28 heavy (non-hydrogen) atoms. The highest BCUT2D eigenvalue weighted by atomic mass is 16.5. The number of fused-ring (bicyclic) bond motifs is 1. The van der Waals surface area contributed by atoms with Gasteiger partial charge in [-0.15, -0.1) is 0 Å². The SMILES string of the molecule is Cc1nc(C2(NC(=O)CC[C@@H]3Cc4ccccc4NC3=O)CCCCC2)no1. The average Bonchev–Trinajstić information content (AvgIpc) is 3.14. The first kappa shape index (κ1) is 18.7. The zero-order valence-corrected chi connectivity index (χ0v) is 16.2. The summed E-state index contributed by atoms with van der Waals surface area (Å²) in [4.78, 5) is 29.5. The van der Waals surface area contributed by atoms with Crippen molar-refractivity contribution in [1.82, 2.24) is 15.5 Å². The van der Waals surface area contributed by atoms with Crippen molar-refractivity contribution in [2.75, 3.05) is 5.32 Å². The molecule has 7 nitrogen and oxygen atoms in total. The summed E-state index contributed by atoms with van der Waals surface area (Å²) in [6, 6.07) is 7.82. The fraction of sp³-hybridized carbons (Fsp3) is 0.524. The Morgan fingerprint density at radius 1 is 1.29 bits per heavy atom. The standard InChI is InChI=1S/C21H26N4O3/c1-14-22-20(25-28-14)21(11-5-2-6-12-21)24-18(26)10-9-16-13-15-7-3-4-8-17(15)23-19(16)27/h3-4,7-8,16H,2,5-6,9-13H2,1H3,(H,23,27)(H,24,26)/t16-/m1/s1. The van der Waals surface area contributed by atoms with Crippen molar-refractivity contribution < 1.29 is 14.1 Å². The monoisotopic (exact) mass is 382 g/mol. The van der Waals surface area contributed by atoms with Crippen molar-refractivity contribution in [3.63, 3.8) is 0 Å². The van der Waals surface area contributed by atoms with Gasteiger partial charge in [0.05, 0.1) is 0 Å². The topological polar surface area (TPSA) is 97.1 Å². The van der Waals surface area contributed by atoms with Gasteiger partial charge in [-0.3, -0.25) is 9.59 Å². The quantitative estimate of drug-likeness (QED) is 0.827. The third-order valence-corrected chi connectivity index (χ3v) is 5.87. The highest BCUT2D eigenvalue weighted by Crippen LogP contribution is 2.36. The Balaban J connectivity index is 1.40. The summed E-state index contributed by atoms with van der Waals surface area (Å²) in [5, 5.41) is 10.2. The summed E-state index contributed by atoms with van der Waals surface area (Å²) in [7, 11) is 0. The van der Waals surface area contributed by atoms with Gasteiger partial charge in [-0.1, -0.05) is 42.6 Å². The van der Waals surface area contributed by atoms with Gasteiger partial charge >= 0.3 is 0 Å². The molecule has 1 saturated carbocycles. The smallest absolute Gasteiger partial charge is 0.227 e. The number of aryl methyl sites for hydroxylation is 1. The summed E-state index contributed by atoms with van der Waals surface area (Å²) in [5.41, 5.74) is 1.45. The fourth-order valence-electron chi connectivity index (χ4n) is 4.33. The normalized spacial score (nSPS) is 20.9. The van der Waals surface area contributed by atoms with E-state index < -0.39 is 5.54 Å². The van der Waals surface area contributed by atoms with Gasteiger partial charge in [0.1, 0.15) is 5.54 Å². The van der Waals surface area contributed by atoms with Gasteiger partial charge in [0, 0.05) is 24.9 Å². The van der Waals surface area contributed by atoms with Crippen molar-refractivity contribution in [2.24, 2.45) is 5.92 Å². The van der Waals surface area contributed by atoms with E-state index in [2.05, 4.69) is 20.8 Å². The van der Waals surface area contributed by atoms with Crippen molar-refractivity contribution in [1.29, 1.82) is 0 Å². The number of carbonyl (C=O) groups excluding carboxylic acids is 2. The van der Waals surface area contributed by atoms with Crippen LogP contribution in [0.1, 0.15) is 62.2 Å². The lowest BCUT2D eigenvalue weighted by Crippen LogP contribution is -2.48. The number of benzene rings is 1. The van der Waals surface area contributed by atoms with E-state index in [4.69, 9.17) is 4.52 Å². The van der Waals surface area contributed by atoms with Crippen LogP contribution in [0, 0.1) is 12.8 Å². The Kier molecular flexibility index (Phi) is 5.15. The van der Waals surface area contributed by atoms with Gasteiger partial charge in [0.25, 0.3) is 0 Å². The maximum absolute atomic E-state index is 12.8. The first-order valence-corrected chi connectivity index (χ1v) is 10.1. The largest absolute Gasteiger partial charge is 0.343 e. The van der Waals surface area contributed by atoms with Crippen LogP contribution >= 0.6 is 0 Å². The van der Waals surface area contributed by atoms with Crippen molar-refractivity contribution in [2.45, 2.75) is 63.8 Å². The number of anilines is 1. The summed E-state index contributed by atoms with van der Waals surface area (Å²) in [6.07, 6.45) is 6.32. The molecule has 1 aliphatic heterocycles. The summed E-state index contributed by atoms with van der Waals surface area (Å²) in [5.74, 6) is 0.827. The molecule has 2 amide bonds. The lowest BCUT2D eigenvalue weighted by atomic mass is 9.80. The minimum atomic E-state index is -0.547. The van der Waals surface area contributed by atoms with E-state index in [9.17, 15) is 9.59 Å². The van der Waals surface area contributed by atoms with Gasteiger partial charge < -0.3 is 15.2 Å². The van der Waals surface area contributed by atoms with Crippen LogP contribution in [0.4, 0.5) is 5.69 Å². The number of nitrogens with one attached hydrogen (secondary N) is 2. The van der Waals surface area contributed by atoms with Gasteiger partial charge in [0.15, 0.2) is 5.82 Å². The van der Waals surface area contributed by atoms with Crippen LogP contribution in [0.5, 0.6) is 0 Å². The molecule has 0 saturated heterocycles. The summed E-state index contributed by atoms with van der Waals surface area (Å²) in [6.45, 7) is 1.76. The molecule has 0 radical (unpaired) electrons. The van der Waals surface area contributed by atoms with E-state index >= 15 is 0 Å². The molecule has 7 heteroatoms. The first-order chi connectivity index (χ1) is 13.6. The molecular weight excluding hydrogens is 356 g/mol. The van der Waals surface area contributed by atoms with Gasteiger partial charge in [-0.25, -0.2) is 0 Å². The van der Waals surface area contributed by atoms with Crippen LogP contribution in [-0.2, 0) is 21.5 Å². The van der Waals surface area contributed by atoms with E-state index in [1.807, 2.05) is 24.3 Å². The van der Waals surface area contributed by atoms with Gasteiger partial charge in [-0.05, 0) is 37.3 Å². The van der Waals surface area contributed by atoms with Crippen LogP contribution < -0.4 is 10.6 Å². The predicted molar refractivity (Wildman–Crippen MR) is 103 cm³/mol. The van der Waals surface area contributed by atoms with E-state index in [-0.39, 0.29) is 17.7 Å². The lowest BCUT2D eigenvalue weighted by molar-refractivity contribution is -0.124. The van der Waals surface area contributed by atoms with Gasteiger partial charge in [-0.2, -0.15) is 4.98 Å². The lowest BCUT2D eigenvalue weighted by Gasteiger charge is -2.35. The van der Waals surface area contributed by atoms with Crippen LogP contribution in [0.2, 0.25) is 0 Å². The van der Waals surface area contributed by atoms with E-state index in [1.54, 1.807) is 6.92 Å². The molecule has 0 unspecified atom stereocenters. The van der Waals surface area contributed by atoms with Crippen LogP contribution in [0.15, 0.2) is 28.8 Å². The number of hydrogen-bond donors (Lipinski definition) is 2. The summed E-state index contributed by atoms with van der Waals surface area (Å²) < 4.78 is 5.16. The zero-order valence-electron chi connectivity index (χ0n) is 16.2. The average molecular weight is 382 g/mol.